The SMILES string of the molecule is CCCCCCCCCCCCC/C=C/[C@H]1OC(C)(C)N(C(=O)OC(C)(C)C)[C@H]1COP(=O)(O)OCC[N+](C)(C)C. The monoisotopic (exact) mass is 605 g/mol. The molecule has 41 heavy (non-hydrogen) atoms. The third kappa shape index (κ3) is 17.1. The molecule has 1 aliphatic rings. The van der Waals surface area contributed by atoms with Crippen LogP contribution in [0.2, 0.25) is 0 Å². The second-order valence-corrected chi connectivity index (χ2v) is 15.3. The Balaban J connectivity index is 2.70. The Labute approximate surface area is 251 Å². The molecule has 1 unspecified atom stereocenters. The average molecular weight is 606 g/mol. The summed E-state index contributed by atoms with van der Waals surface area (Å²) in [4.78, 5) is 25.0. The number of allylic oxidation sites excluding steroid dienone is 1. The van der Waals surface area contributed by atoms with Gasteiger partial charge in [-0.2, -0.15) is 0 Å². The molecule has 1 heterocycles. The van der Waals surface area contributed by atoms with Gasteiger partial charge in [-0.3, -0.25) is 13.9 Å². The molecule has 0 aromatic heterocycles. The molecule has 1 rings (SSSR count). The average Bonchev–Trinajstić information content (AvgIpc) is 3.08. The van der Waals surface area contributed by atoms with Gasteiger partial charge in [-0.05, 0) is 47.5 Å². The maximum Gasteiger partial charge on any atom is 0.472 e. The number of nitrogens with zero attached hydrogens (tertiary/aromatic N) is 2. The second-order valence-electron chi connectivity index (χ2n) is 13.8. The Bertz CT molecular complexity index is 820. The summed E-state index contributed by atoms with van der Waals surface area (Å²) in [5, 5.41) is 0. The molecule has 0 aliphatic carbocycles. The first kappa shape index (κ1) is 38.1. The normalized spacial score (nSPS) is 21.0. The molecule has 242 valence electrons. The molecule has 3 atom stereocenters. The summed E-state index contributed by atoms with van der Waals surface area (Å²) in [7, 11) is 1.58. The third-order valence-corrected chi connectivity index (χ3v) is 8.02. The van der Waals surface area contributed by atoms with Gasteiger partial charge in [-0.25, -0.2) is 9.36 Å². The van der Waals surface area contributed by atoms with Gasteiger partial charge < -0.3 is 18.9 Å². The van der Waals surface area contributed by atoms with Crippen LogP contribution < -0.4 is 0 Å². The number of carbonyl (C=O) groups is 1. The highest BCUT2D eigenvalue weighted by molar-refractivity contribution is 7.47. The third-order valence-electron chi connectivity index (χ3n) is 7.03. The van der Waals surface area contributed by atoms with E-state index in [4.69, 9.17) is 18.5 Å². The van der Waals surface area contributed by atoms with Crippen molar-refractivity contribution in [2.75, 3.05) is 40.9 Å². The Kier molecular flexibility index (Phi) is 16.7. The summed E-state index contributed by atoms with van der Waals surface area (Å²) in [6.07, 6.45) is 18.1. The first-order valence-corrected chi connectivity index (χ1v) is 17.3. The fourth-order valence-electron chi connectivity index (χ4n) is 4.81. The van der Waals surface area contributed by atoms with Crippen LogP contribution in [0.5, 0.6) is 0 Å². The van der Waals surface area contributed by atoms with E-state index in [1.54, 1.807) is 34.6 Å². The van der Waals surface area contributed by atoms with Crippen molar-refractivity contribution in [3.63, 3.8) is 0 Å². The Morgan fingerprint density at radius 3 is 2.02 bits per heavy atom. The van der Waals surface area contributed by atoms with E-state index >= 15 is 0 Å². The molecule has 0 radical (unpaired) electrons. The quantitative estimate of drug-likeness (QED) is 0.0654. The van der Waals surface area contributed by atoms with E-state index < -0.39 is 37.4 Å². The minimum absolute atomic E-state index is 0.0714. The summed E-state index contributed by atoms with van der Waals surface area (Å²) >= 11 is 0. The zero-order valence-electron chi connectivity index (χ0n) is 27.7. The second kappa shape index (κ2) is 18.0. The van der Waals surface area contributed by atoms with Crippen LogP contribution in [-0.2, 0) is 23.1 Å². The molecular weight excluding hydrogens is 543 g/mol. The van der Waals surface area contributed by atoms with E-state index in [-0.39, 0.29) is 13.2 Å². The number of carbonyl (C=O) groups excluding carboxylic acids is 1. The van der Waals surface area contributed by atoms with Crippen LogP contribution in [-0.4, -0.2) is 84.7 Å². The number of hydrogen-bond acceptors (Lipinski definition) is 6. The van der Waals surface area contributed by atoms with Gasteiger partial charge in [0.1, 0.15) is 30.6 Å². The number of amides is 1. The van der Waals surface area contributed by atoms with Gasteiger partial charge in [0, 0.05) is 0 Å². The molecule has 0 spiro atoms. The van der Waals surface area contributed by atoms with Gasteiger partial charge >= 0.3 is 13.9 Å². The highest BCUT2D eigenvalue weighted by Gasteiger charge is 2.51. The summed E-state index contributed by atoms with van der Waals surface area (Å²) < 4.78 is 35.7. The number of likely N-dealkylation sites (N-methyl/N-ethyl adjacent to an activating group) is 1. The van der Waals surface area contributed by atoms with Crippen molar-refractivity contribution in [3.05, 3.63) is 12.2 Å². The number of ether oxygens (including phenoxy) is 2. The number of quaternary nitrogens is 1. The van der Waals surface area contributed by atoms with E-state index in [1.807, 2.05) is 27.2 Å². The molecule has 9 nitrogen and oxygen atoms in total. The Morgan fingerprint density at radius 1 is 0.976 bits per heavy atom. The van der Waals surface area contributed by atoms with Crippen molar-refractivity contribution in [2.45, 2.75) is 142 Å². The van der Waals surface area contributed by atoms with Gasteiger partial charge in [0.25, 0.3) is 0 Å². The lowest BCUT2D eigenvalue weighted by molar-refractivity contribution is -0.870. The molecule has 10 heteroatoms. The van der Waals surface area contributed by atoms with Gasteiger partial charge in [0.15, 0.2) is 0 Å². The van der Waals surface area contributed by atoms with Gasteiger partial charge in [-0.1, -0.05) is 83.3 Å². The topological polar surface area (TPSA) is 94.5 Å². The molecule has 0 saturated carbocycles. The highest BCUT2D eigenvalue weighted by Crippen LogP contribution is 2.45. The predicted octanol–water partition coefficient (Wildman–Crippen LogP) is 7.82. The number of unbranched alkanes of at least 4 members (excludes halogenated alkanes) is 11. The van der Waals surface area contributed by atoms with Crippen LogP contribution >= 0.6 is 7.82 Å². The zero-order chi connectivity index (χ0) is 31.2. The summed E-state index contributed by atoms with van der Waals surface area (Å²) in [6.45, 7) is 11.6. The number of hydrogen-bond donors (Lipinski definition) is 1. The minimum atomic E-state index is -4.33. The van der Waals surface area contributed by atoms with Crippen LogP contribution in [0.25, 0.3) is 0 Å². The fraction of sp³-hybridized carbons (Fsp3) is 0.903. The van der Waals surface area contributed by atoms with E-state index in [9.17, 15) is 14.3 Å². The first-order valence-electron chi connectivity index (χ1n) is 15.8. The summed E-state index contributed by atoms with van der Waals surface area (Å²) in [6, 6.07) is -0.657. The van der Waals surface area contributed by atoms with Gasteiger partial charge in [0.2, 0.25) is 0 Å². The van der Waals surface area contributed by atoms with E-state index in [0.717, 1.165) is 12.8 Å². The molecular formula is C31H62N2O7P+. The Hall–Kier alpha value is -0.960. The lowest BCUT2D eigenvalue weighted by Gasteiger charge is -2.35. The van der Waals surface area contributed by atoms with Crippen molar-refractivity contribution in [3.8, 4) is 0 Å². The van der Waals surface area contributed by atoms with Crippen molar-refractivity contribution in [1.82, 2.24) is 4.90 Å². The van der Waals surface area contributed by atoms with E-state index in [1.165, 1.54) is 69.1 Å². The fourth-order valence-corrected chi connectivity index (χ4v) is 5.54. The van der Waals surface area contributed by atoms with Crippen LogP contribution in [0.4, 0.5) is 4.79 Å². The van der Waals surface area contributed by atoms with Crippen molar-refractivity contribution in [2.24, 2.45) is 0 Å². The van der Waals surface area contributed by atoms with Crippen LogP contribution in [0, 0.1) is 0 Å². The van der Waals surface area contributed by atoms with E-state index in [0.29, 0.717) is 11.0 Å². The lowest BCUT2D eigenvalue weighted by Crippen LogP contribution is -2.51. The standard InChI is InChI=1S/C31H61N2O7P/c1-10-11-12-13-14-15-16-17-18-19-20-21-22-23-28-27(26-38-41(35,36)37-25-24-33(7,8)9)32(31(5,6)39-28)29(34)40-30(2,3)4/h22-23,27-28H,10-21,24-26H2,1-9H3/p+1/b23-22+/t27-,28+/m0/s1. The van der Waals surface area contributed by atoms with Gasteiger partial charge in [-0.15, -0.1) is 0 Å². The Morgan fingerprint density at radius 2 is 1.51 bits per heavy atom. The van der Waals surface area contributed by atoms with E-state index in [2.05, 4.69) is 13.0 Å². The van der Waals surface area contributed by atoms with Crippen LogP contribution in [0.1, 0.15) is 119 Å². The molecule has 0 aromatic rings. The predicted molar refractivity (Wildman–Crippen MR) is 166 cm³/mol. The van der Waals surface area contributed by atoms with Crippen molar-refractivity contribution < 1.29 is 37.3 Å². The smallest absolute Gasteiger partial charge is 0.444 e. The maximum atomic E-state index is 13.2. The minimum Gasteiger partial charge on any atom is -0.444 e. The molecule has 1 amide bonds. The number of phosphoric acid groups is 1. The number of rotatable bonds is 20. The zero-order valence-corrected chi connectivity index (χ0v) is 28.5. The van der Waals surface area contributed by atoms with Crippen molar-refractivity contribution >= 4 is 13.9 Å². The maximum absolute atomic E-state index is 13.2. The van der Waals surface area contributed by atoms with Crippen LogP contribution in [0.3, 0.4) is 0 Å². The summed E-state index contributed by atoms with van der Waals surface area (Å²) in [5.41, 5.74) is -1.70. The molecule has 1 fully saturated rings. The largest absolute Gasteiger partial charge is 0.472 e. The highest BCUT2D eigenvalue weighted by atomic mass is 31.2. The first-order chi connectivity index (χ1) is 19.0. The molecule has 1 saturated heterocycles. The summed E-state index contributed by atoms with van der Waals surface area (Å²) in [5.74, 6) is 0. The lowest BCUT2D eigenvalue weighted by atomic mass is 10.0. The molecule has 1 N–H and O–H groups in total. The molecule has 1 aliphatic heterocycles. The number of phosphoric ester groups is 1. The van der Waals surface area contributed by atoms with Crippen LogP contribution in [0.15, 0.2) is 12.2 Å². The van der Waals surface area contributed by atoms with Crippen molar-refractivity contribution in [1.29, 1.82) is 0 Å². The van der Waals surface area contributed by atoms with Gasteiger partial charge in [0.05, 0.1) is 33.8 Å². The molecule has 0 aromatic carbocycles. The molecule has 0 bridgehead atoms.